The zero-order valence-electron chi connectivity index (χ0n) is 8.01. The predicted molar refractivity (Wildman–Crippen MR) is 49.0 cm³/mol. The van der Waals surface area contributed by atoms with Crippen molar-refractivity contribution in [1.29, 1.82) is 0 Å². The van der Waals surface area contributed by atoms with Crippen molar-refractivity contribution in [2.24, 2.45) is 5.41 Å². The van der Waals surface area contributed by atoms with Gasteiger partial charge in [-0.2, -0.15) is 0 Å². The molecule has 2 fully saturated rings. The van der Waals surface area contributed by atoms with Gasteiger partial charge in [-0.3, -0.25) is 0 Å². The van der Waals surface area contributed by atoms with E-state index in [4.69, 9.17) is 0 Å². The Morgan fingerprint density at radius 3 is 2.17 bits per heavy atom. The summed E-state index contributed by atoms with van der Waals surface area (Å²) in [6.07, 6.45) is 4.32. The predicted octanol–water partition coefficient (Wildman–Crippen LogP) is 1.29. The lowest BCUT2D eigenvalue weighted by molar-refractivity contribution is 0.0361. The van der Waals surface area contributed by atoms with Gasteiger partial charge < -0.3 is 10.4 Å². The number of fused-ring (bicyclic) bond motifs is 2. The van der Waals surface area contributed by atoms with E-state index in [0.717, 1.165) is 12.8 Å². The van der Waals surface area contributed by atoms with Gasteiger partial charge in [0.1, 0.15) is 0 Å². The summed E-state index contributed by atoms with van der Waals surface area (Å²) in [5.41, 5.74) is 0.487. The molecule has 2 bridgehead atoms. The zero-order chi connectivity index (χ0) is 8.77. The molecule has 0 aliphatic carbocycles. The maximum Gasteiger partial charge on any atom is 0.0569 e. The van der Waals surface area contributed by atoms with Gasteiger partial charge in [-0.05, 0) is 31.1 Å². The standard InChI is InChI=1S/C10H19NO/c1-10(2)5-7-3-9(12)4-8(6-10)11-7/h7-9,11-12H,3-6H2,1-2H3. The Morgan fingerprint density at radius 2 is 1.67 bits per heavy atom. The Labute approximate surface area is 74.4 Å². The lowest BCUT2D eigenvalue weighted by Gasteiger charge is -2.46. The van der Waals surface area contributed by atoms with Crippen molar-refractivity contribution >= 4 is 0 Å². The molecule has 12 heavy (non-hydrogen) atoms. The van der Waals surface area contributed by atoms with E-state index in [2.05, 4.69) is 19.2 Å². The van der Waals surface area contributed by atoms with Crippen LogP contribution in [-0.2, 0) is 0 Å². The molecule has 70 valence electrons. The van der Waals surface area contributed by atoms with Crippen LogP contribution in [0.5, 0.6) is 0 Å². The Bertz CT molecular complexity index is 159. The monoisotopic (exact) mass is 169 g/mol. The van der Waals surface area contributed by atoms with Gasteiger partial charge in [0.2, 0.25) is 0 Å². The van der Waals surface area contributed by atoms with Crippen molar-refractivity contribution in [2.75, 3.05) is 0 Å². The summed E-state index contributed by atoms with van der Waals surface area (Å²) in [5.74, 6) is 0. The average Bonchev–Trinajstić information content (AvgIpc) is 1.78. The largest absolute Gasteiger partial charge is 0.393 e. The minimum atomic E-state index is -0.0441. The molecule has 2 unspecified atom stereocenters. The molecule has 2 heterocycles. The first-order valence-corrected chi connectivity index (χ1v) is 4.99. The highest BCUT2D eigenvalue weighted by molar-refractivity contribution is 4.95. The summed E-state index contributed by atoms with van der Waals surface area (Å²) in [6, 6.07) is 1.14. The van der Waals surface area contributed by atoms with Gasteiger partial charge in [0.05, 0.1) is 6.10 Å². The van der Waals surface area contributed by atoms with E-state index >= 15 is 0 Å². The second kappa shape index (κ2) is 2.71. The molecule has 2 saturated heterocycles. The zero-order valence-corrected chi connectivity index (χ0v) is 8.01. The first-order valence-electron chi connectivity index (χ1n) is 4.99. The lowest BCUT2D eigenvalue weighted by Crippen LogP contribution is -2.54. The SMILES string of the molecule is CC1(C)CC2CC(O)CC(C1)N2. The first kappa shape index (κ1) is 8.52. The number of hydrogen-bond donors (Lipinski definition) is 2. The molecule has 2 rings (SSSR count). The summed E-state index contributed by atoms with van der Waals surface area (Å²) < 4.78 is 0. The van der Waals surface area contributed by atoms with Crippen molar-refractivity contribution in [3.63, 3.8) is 0 Å². The van der Waals surface area contributed by atoms with Crippen molar-refractivity contribution in [1.82, 2.24) is 5.32 Å². The molecule has 2 aliphatic rings. The van der Waals surface area contributed by atoms with Crippen LogP contribution in [0.1, 0.15) is 39.5 Å². The van der Waals surface area contributed by atoms with Crippen molar-refractivity contribution < 1.29 is 5.11 Å². The molecule has 0 spiro atoms. The molecule has 0 aromatic carbocycles. The highest BCUT2D eigenvalue weighted by Gasteiger charge is 2.38. The van der Waals surface area contributed by atoms with Gasteiger partial charge in [0.15, 0.2) is 0 Å². The number of hydrogen-bond acceptors (Lipinski definition) is 2. The van der Waals surface area contributed by atoms with E-state index in [9.17, 15) is 5.11 Å². The maximum atomic E-state index is 9.55. The van der Waals surface area contributed by atoms with E-state index < -0.39 is 0 Å². The number of nitrogens with one attached hydrogen (secondary N) is 1. The third-order valence-corrected chi connectivity index (χ3v) is 3.18. The fourth-order valence-electron chi connectivity index (χ4n) is 2.92. The van der Waals surface area contributed by atoms with Crippen molar-refractivity contribution in [2.45, 2.75) is 57.7 Å². The second-order valence-electron chi connectivity index (χ2n) is 5.26. The van der Waals surface area contributed by atoms with E-state index in [0.29, 0.717) is 17.5 Å². The molecule has 0 aromatic rings. The third kappa shape index (κ3) is 1.64. The van der Waals surface area contributed by atoms with Gasteiger partial charge in [0, 0.05) is 12.1 Å². The minimum absolute atomic E-state index is 0.0441. The number of aliphatic hydroxyl groups is 1. The second-order valence-corrected chi connectivity index (χ2v) is 5.26. The van der Waals surface area contributed by atoms with Gasteiger partial charge >= 0.3 is 0 Å². The van der Waals surface area contributed by atoms with Crippen LogP contribution in [0.4, 0.5) is 0 Å². The van der Waals surface area contributed by atoms with E-state index in [1.807, 2.05) is 0 Å². The molecule has 2 aliphatic heterocycles. The van der Waals surface area contributed by atoms with Gasteiger partial charge in [-0.15, -0.1) is 0 Å². The lowest BCUT2D eigenvalue weighted by atomic mass is 9.71. The van der Waals surface area contributed by atoms with E-state index in [1.54, 1.807) is 0 Å². The minimum Gasteiger partial charge on any atom is -0.393 e. The molecule has 2 nitrogen and oxygen atoms in total. The summed E-state index contributed by atoms with van der Waals surface area (Å²) in [5, 5.41) is 13.1. The number of piperidine rings is 2. The molecule has 2 heteroatoms. The summed E-state index contributed by atoms with van der Waals surface area (Å²) in [6.45, 7) is 4.68. The van der Waals surface area contributed by atoms with Crippen molar-refractivity contribution in [3.8, 4) is 0 Å². The van der Waals surface area contributed by atoms with Crippen LogP contribution in [0.25, 0.3) is 0 Å². The highest BCUT2D eigenvalue weighted by atomic mass is 16.3. The summed E-state index contributed by atoms with van der Waals surface area (Å²) in [7, 11) is 0. The Balaban J connectivity index is 2.06. The highest BCUT2D eigenvalue weighted by Crippen LogP contribution is 2.37. The molecule has 0 saturated carbocycles. The van der Waals surface area contributed by atoms with Gasteiger partial charge in [-0.25, -0.2) is 0 Å². The fraction of sp³-hybridized carbons (Fsp3) is 1.00. The Kier molecular flexibility index (Phi) is 1.92. The van der Waals surface area contributed by atoms with Crippen LogP contribution < -0.4 is 5.32 Å². The molecule has 0 radical (unpaired) electrons. The van der Waals surface area contributed by atoms with Gasteiger partial charge in [0.25, 0.3) is 0 Å². The van der Waals surface area contributed by atoms with Crippen LogP contribution in [0.3, 0.4) is 0 Å². The van der Waals surface area contributed by atoms with Gasteiger partial charge in [-0.1, -0.05) is 13.8 Å². The summed E-state index contributed by atoms with van der Waals surface area (Å²) in [4.78, 5) is 0. The molecular formula is C10H19NO. The first-order chi connectivity index (χ1) is 5.55. The third-order valence-electron chi connectivity index (χ3n) is 3.18. The van der Waals surface area contributed by atoms with Crippen LogP contribution in [0.2, 0.25) is 0 Å². The normalized spacial score (nSPS) is 45.8. The molecule has 2 N–H and O–H groups in total. The van der Waals surface area contributed by atoms with Crippen LogP contribution >= 0.6 is 0 Å². The maximum absolute atomic E-state index is 9.55. The smallest absolute Gasteiger partial charge is 0.0569 e. The number of aliphatic hydroxyl groups excluding tert-OH is 1. The quantitative estimate of drug-likeness (QED) is 0.572. The molecule has 0 amide bonds. The average molecular weight is 169 g/mol. The molecule has 2 atom stereocenters. The number of rotatable bonds is 0. The van der Waals surface area contributed by atoms with Crippen LogP contribution in [0.15, 0.2) is 0 Å². The summed E-state index contributed by atoms with van der Waals surface area (Å²) >= 11 is 0. The van der Waals surface area contributed by atoms with Crippen LogP contribution in [-0.4, -0.2) is 23.3 Å². The Hall–Kier alpha value is -0.0800. The topological polar surface area (TPSA) is 32.3 Å². The van der Waals surface area contributed by atoms with E-state index in [-0.39, 0.29) is 6.10 Å². The van der Waals surface area contributed by atoms with Crippen molar-refractivity contribution in [3.05, 3.63) is 0 Å². The van der Waals surface area contributed by atoms with Crippen LogP contribution in [0, 0.1) is 5.41 Å². The Morgan fingerprint density at radius 1 is 1.17 bits per heavy atom. The fourth-order valence-corrected chi connectivity index (χ4v) is 2.92. The van der Waals surface area contributed by atoms with E-state index in [1.165, 1.54) is 12.8 Å². The molecule has 0 aromatic heterocycles. The molecular weight excluding hydrogens is 150 g/mol.